The fraction of sp³-hybridized carbons (Fsp3) is 0.462. The molecule has 1 heterocycles. The van der Waals surface area contributed by atoms with E-state index < -0.39 is 5.97 Å². The molecule has 1 aromatic rings. The Balaban J connectivity index is 2.08. The first-order valence-corrected chi connectivity index (χ1v) is 5.93. The van der Waals surface area contributed by atoms with E-state index in [1.807, 2.05) is 13.0 Å². The van der Waals surface area contributed by atoms with Crippen LogP contribution in [-0.2, 0) is 6.54 Å². The number of carboxylic acids is 1. The number of nitrogens with zero attached hydrogens (tertiary/aromatic N) is 1. The molecule has 4 nitrogen and oxygen atoms in total. The molecule has 0 spiro atoms. The molecule has 1 saturated heterocycles. The van der Waals surface area contributed by atoms with Crippen molar-refractivity contribution in [2.24, 2.45) is 0 Å². The first-order chi connectivity index (χ1) is 8.16. The Morgan fingerprint density at radius 2 is 2.12 bits per heavy atom. The number of aryl methyl sites for hydroxylation is 1. The van der Waals surface area contributed by atoms with Crippen molar-refractivity contribution in [3.8, 4) is 0 Å². The first kappa shape index (κ1) is 12.1. The monoisotopic (exact) mass is 234 g/mol. The summed E-state index contributed by atoms with van der Waals surface area (Å²) in [5, 5.41) is 12.2. The number of benzene rings is 1. The van der Waals surface area contributed by atoms with Crippen molar-refractivity contribution in [2.75, 3.05) is 26.2 Å². The van der Waals surface area contributed by atoms with Crippen LogP contribution in [0.15, 0.2) is 18.2 Å². The van der Waals surface area contributed by atoms with Crippen LogP contribution in [0.4, 0.5) is 0 Å². The third kappa shape index (κ3) is 3.05. The van der Waals surface area contributed by atoms with Crippen LogP contribution in [0.25, 0.3) is 0 Å². The molecule has 0 aromatic heterocycles. The Morgan fingerprint density at radius 1 is 1.41 bits per heavy atom. The Kier molecular flexibility index (Phi) is 3.76. The van der Waals surface area contributed by atoms with Crippen LogP contribution in [0.1, 0.15) is 21.5 Å². The fourth-order valence-electron chi connectivity index (χ4n) is 2.12. The summed E-state index contributed by atoms with van der Waals surface area (Å²) < 4.78 is 0. The Morgan fingerprint density at radius 3 is 2.71 bits per heavy atom. The van der Waals surface area contributed by atoms with E-state index in [0.29, 0.717) is 5.56 Å². The first-order valence-electron chi connectivity index (χ1n) is 5.93. The number of rotatable bonds is 3. The van der Waals surface area contributed by atoms with Gasteiger partial charge in [-0.2, -0.15) is 0 Å². The molecule has 0 bridgehead atoms. The van der Waals surface area contributed by atoms with E-state index in [9.17, 15) is 4.79 Å². The lowest BCUT2D eigenvalue weighted by Crippen LogP contribution is -2.43. The number of hydrogen-bond donors (Lipinski definition) is 2. The summed E-state index contributed by atoms with van der Waals surface area (Å²) in [6.07, 6.45) is 0. The SMILES string of the molecule is Cc1cc(C(=O)O)ccc1CN1CCNCC1. The van der Waals surface area contributed by atoms with Crippen molar-refractivity contribution in [1.29, 1.82) is 0 Å². The van der Waals surface area contributed by atoms with Gasteiger partial charge in [0, 0.05) is 32.7 Å². The minimum absolute atomic E-state index is 0.367. The Bertz CT molecular complexity index is 412. The van der Waals surface area contributed by atoms with Crippen molar-refractivity contribution >= 4 is 5.97 Å². The normalized spacial score (nSPS) is 17.0. The summed E-state index contributed by atoms with van der Waals surface area (Å²) >= 11 is 0. The van der Waals surface area contributed by atoms with Gasteiger partial charge in [0.05, 0.1) is 5.56 Å². The molecule has 1 aliphatic rings. The third-order valence-corrected chi connectivity index (χ3v) is 3.19. The summed E-state index contributed by atoms with van der Waals surface area (Å²) in [6.45, 7) is 7.07. The predicted octanol–water partition coefficient (Wildman–Crippen LogP) is 1.10. The Hall–Kier alpha value is -1.39. The number of nitrogens with one attached hydrogen (secondary N) is 1. The molecule has 17 heavy (non-hydrogen) atoms. The highest BCUT2D eigenvalue weighted by atomic mass is 16.4. The lowest BCUT2D eigenvalue weighted by Gasteiger charge is -2.27. The highest BCUT2D eigenvalue weighted by Gasteiger charge is 2.12. The summed E-state index contributed by atoms with van der Waals surface area (Å²) in [6, 6.07) is 5.37. The van der Waals surface area contributed by atoms with Crippen LogP contribution < -0.4 is 5.32 Å². The lowest BCUT2D eigenvalue weighted by atomic mass is 10.0. The number of piperazine rings is 1. The topological polar surface area (TPSA) is 52.6 Å². The smallest absolute Gasteiger partial charge is 0.335 e. The fourth-order valence-corrected chi connectivity index (χ4v) is 2.12. The second-order valence-corrected chi connectivity index (χ2v) is 4.47. The summed E-state index contributed by atoms with van der Waals surface area (Å²) in [5.41, 5.74) is 2.65. The average molecular weight is 234 g/mol. The highest BCUT2D eigenvalue weighted by Crippen LogP contribution is 2.14. The van der Waals surface area contributed by atoms with Gasteiger partial charge in [0.1, 0.15) is 0 Å². The molecule has 1 aliphatic heterocycles. The second kappa shape index (κ2) is 5.29. The van der Waals surface area contributed by atoms with Crippen molar-refractivity contribution in [2.45, 2.75) is 13.5 Å². The molecule has 1 fully saturated rings. The van der Waals surface area contributed by atoms with Gasteiger partial charge in [-0.1, -0.05) is 6.07 Å². The van der Waals surface area contributed by atoms with E-state index in [0.717, 1.165) is 38.3 Å². The van der Waals surface area contributed by atoms with E-state index in [1.54, 1.807) is 12.1 Å². The lowest BCUT2D eigenvalue weighted by molar-refractivity contribution is 0.0696. The van der Waals surface area contributed by atoms with Crippen molar-refractivity contribution < 1.29 is 9.90 Å². The quantitative estimate of drug-likeness (QED) is 0.822. The molecule has 0 aliphatic carbocycles. The summed E-state index contributed by atoms with van der Waals surface area (Å²) in [5.74, 6) is -0.859. The van der Waals surface area contributed by atoms with E-state index in [2.05, 4.69) is 10.2 Å². The highest BCUT2D eigenvalue weighted by molar-refractivity contribution is 5.87. The third-order valence-electron chi connectivity index (χ3n) is 3.19. The number of aromatic carboxylic acids is 1. The van der Waals surface area contributed by atoms with Gasteiger partial charge in [0.15, 0.2) is 0 Å². The van der Waals surface area contributed by atoms with Crippen LogP contribution >= 0.6 is 0 Å². The van der Waals surface area contributed by atoms with Gasteiger partial charge in [-0.15, -0.1) is 0 Å². The zero-order chi connectivity index (χ0) is 12.3. The number of hydrogen-bond acceptors (Lipinski definition) is 3. The van der Waals surface area contributed by atoms with E-state index >= 15 is 0 Å². The largest absolute Gasteiger partial charge is 0.478 e. The van der Waals surface area contributed by atoms with Crippen LogP contribution in [0, 0.1) is 6.92 Å². The van der Waals surface area contributed by atoms with Gasteiger partial charge in [-0.3, -0.25) is 4.90 Å². The summed E-state index contributed by atoms with van der Waals surface area (Å²) in [4.78, 5) is 13.2. The van der Waals surface area contributed by atoms with Gasteiger partial charge in [0.25, 0.3) is 0 Å². The molecular formula is C13H18N2O2. The molecule has 4 heteroatoms. The molecule has 0 atom stereocenters. The van der Waals surface area contributed by atoms with E-state index in [1.165, 1.54) is 5.56 Å². The van der Waals surface area contributed by atoms with E-state index in [-0.39, 0.29) is 0 Å². The van der Waals surface area contributed by atoms with Crippen LogP contribution in [0.3, 0.4) is 0 Å². The Labute approximate surface area is 101 Å². The van der Waals surface area contributed by atoms with Crippen LogP contribution in [0.5, 0.6) is 0 Å². The average Bonchev–Trinajstić information content (AvgIpc) is 2.33. The predicted molar refractivity (Wildman–Crippen MR) is 66.3 cm³/mol. The maximum atomic E-state index is 10.8. The molecule has 0 unspecified atom stereocenters. The summed E-state index contributed by atoms with van der Waals surface area (Å²) in [7, 11) is 0. The van der Waals surface area contributed by atoms with Crippen LogP contribution in [-0.4, -0.2) is 42.2 Å². The van der Waals surface area contributed by atoms with Crippen LogP contribution in [0.2, 0.25) is 0 Å². The molecule has 92 valence electrons. The van der Waals surface area contributed by atoms with Crippen molar-refractivity contribution in [3.05, 3.63) is 34.9 Å². The van der Waals surface area contributed by atoms with Gasteiger partial charge in [0.2, 0.25) is 0 Å². The number of carboxylic acid groups (broad SMARTS) is 1. The maximum absolute atomic E-state index is 10.8. The van der Waals surface area contributed by atoms with Gasteiger partial charge in [-0.05, 0) is 30.2 Å². The molecule has 2 rings (SSSR count). The molecule has 2 N–H and O–H groups in total. The maximum Gasteiger partial charge on any atom is 0.335 e. The zero-order valence-electron chi connectivity index (χ0n) is 10.1. The molecule has 1 aromatic carbocycles. The molecule has 0 radical (unpaired) electrons. The minimum atomic E-state index is -0.859. The standard InChI is InChI=1S/C13H18N2O2/c1-10-8-11(13(16)17)2-3-12(10)9-15-6-4-14-5-7-15/h2-3,8,14H,4-7,9H2,1H3,(H,16,17). The second-order valence-electron chi connectivity index (χ2n) is 4.47. The minimum Gasteiger partial charge on any atom is -0.478 e. The van der Waals surface area contributed by atoms with Gasteiger partial charge < -0.3 is 10.4 Å². The van der Waals surface area contributed by atoms with Gasteiger partial charge >= 0.3 is 5.97 Å². The molecule has 0 saturated carbocycles. The zero-order valence-corrected chi connectivity index (χ0v) is 10.1. The molecule has 0 amide bonds. The number of carbonyl (C=O) groups is 1. The van der Waals surface area contributed by atoms with Crippen molar-refractivity contribution in [1.82, 2.24) is 10.2 Å². The van der Waals surface area contributed by atoms with E-state index in [4.69, 9.17) is 5.11 Å². The molecular weight excluding hydrogens is 216 g/mol. The van der Waals surface area contributed by atoms with Crippen molar-refractivity contribution in [3.63, 3.8) is 0 Å². The van der Waals surface area contributed by atoms with Gasteiger partial charge in [-0.25, -0.2) is 4.79 Å².